The molecule has 0 unspecified atom stereocenters. The van der Waals surface area contributed by atoms with Crippen LogP contribution in [0.4, 0.5) is 28.9 Å². The Hall–Kier alpha value is -2.86. The minimum atomic E-state index is -2.87. The number of nitrogens with one attached hydrogen (secondary N) is 4. The Labute approximate surface area is 230 Å². The molecule has 1 aliphatic rings. The molecule has 2 atom stereocenters. The van der Waals surface area contributed by atoms with E-state index < -0.39 is 13.2 Å². The lowest BCUT2D eigenvalue weighted by Gasteiger charge is -2.47. The lowest BCUT2D eigenvalue weighted by atomic mass is 9.62. The molecule has 3 rings (SSSR count). The molecule has 0 spiro atoms. The Kier molecular flexibility index (Phi) is 10.00. The van der Waals surface area contributed by atoms with Gasteiger partial charge in [-0.3, -0.25) is 0 Å². The SMILES string of the molecule is CC1(C)C[C@H](NC(=S)Nc2ccc(OC(F)F)cc2)C[C@@](C)(CNC(=S)Nc2ccc(OC(F)F)cc2)C1. The predicted molar refractivity (Wildman–Crippen MR) is 149 cm³/mol. The van der Waals surface area contributed by atoms with Crippen molar-refractivity contribution in [1.29, 1.82) is 0 Å². The number of anilines is 2. The van der Waals surface area contributed by atoms with Gasteiger partial charge in [-0.1, -0.05) is 20.8 Å². The molecular formula is C26H32F4N4O2S2. The molecule has 0 aromatic heterocycles. The first-order valence-electron chi connectivity index (χ1n) is 12.0. The average molecular weight is 573 g/mol. The number of hydrogen-bond donors (Lipinski definition) is 4. The Morgan fingerprint density at radius 3 is 1.76 bits per heavy atom. The van der Waals surface area contributed by atoms with Crippen LogP contribution < -0.4 is 30.7 Å². The summed E-state index contributed by atoms with van der Waals surface area (Å²) in [5.74, 6) is 0.150. The molecule has 208 valence electrons. The molecule has 2 aromatic rings. The van der Waals surface area contributed by atoms with Crippen molar-refractivity contribution in [3.05, 3.63) is 48.5 Å². The summed E-state index contributed by atoms with van der Waals surface area (Å²) in [6.45, 7) is 1.52. The van der Waals surface area contributed by atoms with Gasteiger partial charge in [-0.2, -0.15) is 17.6 Å². The van der Waals surface area contributed by atoms with Crippen LogP contribution in [0.5, 0.6) is 11.5 Å². The van der Waals surface area contributed by atoms with Crippen molar-refractivity contribution in [3.8, 4) is 11.5 Å². The topological polar surface area (TPSA) is 66.6 Å². The zero-order valence-electron chi connectivity index (χ0n) is 21.3. The number of thiocarbonyl (C=S) groups is 2. The van der Waals surface area contributed by atoms with E-state index in [0.717, 1.165) is 19.3 Å². The van der Waals surface area contributed by atoms with E-state index in [4.69, 9.17) is 24.4 Å². The van der Waals surface area contributed by atoms with E-state index in [9.17, 15) is 17.6 Å². The normalized spacial score (nSPS) is 20.5. The molecule has 38 heavy (non-hydrogen) atoms. The molecular weight excluding hydrogens is 540 g/mol. The average Bonchev–Trinajstić information content (AvgIpc) is 2.78. The van der Waals surface area contributed by atoms with Crippen LogP contribution >= 0.6 is 24.4 Å². The van der Waals surface area contributed by atoms with Crippen molar-refractivity contribution >= 4 is 46.0 Å². The van der Waals surface area contributed by atoms with Gasteiger partial charge < -0.3 is 30.7 Å². The highest BCUT2D eigenvalue weighted by molar-refractivity contribution is 7.80. The van der Waals surface area contributed by atoms with Gasteiger partial charge in [0.15, 0.2) is 10.2 Å². The van der Waals surface area contributed by atoms with Crippen LogP contribution in [0.1, 0.15) is 40.0 Å². The van der Waals surface area contributed by atoms with Gasteiger partial charge in [-0.25, -0.2) is 0 Å². The fourth-order valence-electron chi connectivity index (χ4n) is 5.13. The van der Waals surface area contributed by atoms with E-state index in [1.807, 2.05) is 0 Å². The first kappa shape index (κ1) is 29.7. The van der Waals surface area contributed by atoms with Gasteiger partial charge in [-0.05, 0) is 103 Å². The van der Waals surface area contributed by atoms with Crippen molar-refractivity contribution < 1.29 is 27.0 Å². The summed E-state index contributed by atoms with van der Waals surface area (Å²) in [6.07, 6.45) is 2.73. The largest absolute Gasteiger partial charge is 0.435 e. The van der Waals surface area contributed by atoms with Crippen LogP contribution in [-0.2, 0) is 0 Å². The van der Waals surface area contributed by atoms with E-state index in [0.29, 0.717) is 28.1 Å². The third kappa shape index (κ3) is 9.79. The summed E-state index contributed by atoms with van der Waals surface area (Å²) in [5, 5.41) is 13.7. The highest BCUT2D eigenvalue weighted by Gasteiger charge is 2.41. The molecule has 4 N–H and O–H groups in total. The van der Waals surface area contributed by atoms with Crippen LogP contribution in [0.2, 0.25) is 0 Å². The van der Waals surface area contributed by atoms with Crippen LogP contribution in [0.3, 0.4) is 0 Å². The zero-order chi connectivity index (χ0) is 27.9. The summed E-state index contributed by atoms with van der Waals surface area (Å²) in [6, 6.07) is 12.4. The van der Waals surface area contributed by atoms with Gasteiger partial charge in [0, 0.05) is 24.0 Å². The molecule has 0 saturated heterocycles. The van der Waals surface area contributed by atoms with Crippen LogP contribution in [-0.4, -0.2) is 36.0 Å². The maximum absolute atomic E-state index is 12.4. The summed E-state index contributed by atoms with van der Waals surface area (Å²) < 4.78 is 58.1. The first-order chi connectivity index (χ1) is 17.8. The van der Waals surface area contributed by atoms with E-state index >= 15 is 0 Å². The Morgan fingerprint density at radius 2 is 1.29 bits per heavy atom. The fraction of sp³-hybridized carbons (Fsp3) is 0.462. The van der Waals surface area contributed by atoms with Crippen molar-refractivity contribution in [2.75, 3.05) is 17.2 Å². The van der Waals surface area contributed by atoms with Crippen LogP contribution in [0.25, 0.3) is 0 Å². The monoisotopic (exact) mass is 572 g/mol. The van der Waals surface area contributed by atoms with Crippen molar-refractivity contribution in [2.24, 2.45) is 10.8 Å². The van der Waals surface area contributed by atoms with Gasteiger partial charge in [-0.15, -0.1) is 0 Å². The second-order valence-electron chi connectivity index (χ2n) is 10.5. The van der Waals surface area contributed by atoms with Gasteiger partial charge in [0.05, 0.1) is 0 Å². The summed E-state index contributed by atoms with van der Waals surface area (Å²) in [5.41, 5.74) is 1.27. The van der Waals surface area contributed by atoms with Crippen molar-refractivity contribution in [2.45, 2.75) is 59.3 Å². The third-order valence-electron chi connectivity index (χ3n) is 6.13. The summed E-state index contributed by atoms with van der Waals surface area (Å²) in [4.78, 5) is 0. The number of rotatable bonds is 9. The molecule has 6 nitrogen and oxygen atoms in total. The number of alkyl halides is 4. The molecule has 1 aliphatic carbocycles. The third-order valence-corrected chi connectivity index (χ3v) is 6.60. The lowest BCUT2D eigenvalue weighted by Crippen LogP contribution is -2.51. The number of halogens is 4. The van der Waals surface area contributed by atoms with Gasteiger partial charge in [0.1, 0.15) is 11.5 Å². The molecule has 12 heteroatoms. The van der Waals surface area contributed by atoms with E-state index in [1.54, 1.807) is 24.3 Å². The van der Waals surface area contributed by atoms with Crippen molar-refractivity contribution in [3.63, 3.8) is 0 Å². The Bertz CT molecular complexity index is 1090. The molecule has 2 aromatic carbocycles. The first-order valence-corrected chi connectivity index (χ1v) is 12.8. The Balaban J connectivity index is 1.52. The number of ether oxygens (including phenoxy) is 2. The standard InChI is InChI=1S/C26H32F4N4O2S2/c1-25(2)12-18(34-24(38)33-17-6-10-20(11-7-17)36-22(29)30)13-26(3,14-25)15-31-23(37)32-16-4-8-19(9-5-16)35-21(27)28/h4-11,18,21-22H,12-15H2,1-3H3,(H2,31,32,37)(H2,33,34,38)/t18-,26+/m0/s1. The minimum Gasteiger partial charge on any atom is -0.435 e. The quantitative estimate of drug-likeness (QED) is 0.195. The van der Waals surface area contributed by atoms with E-state index in [-0.39, 0.29) is 28.4 Å². The smallest absolute Gasteiger partial charge is 0.387 e. The van der Waals surface area contributed by atoms with Gasteiger partial charge in [0.2, 0.25) is 0 Å². The molecule has 0 heterocycles. The van der Waals surface area contributed by atoms with Crippen molar-refractivity contribution in [1.82, 2.24) is 10.6 Å². The van der Waals surface area contributed by atoms with E-state index in [1.165, 1.54) is 24.3 Å². The van der Waals surface area contributed by atoms with Crippen LogP contribution in [0.15, 0.2) is 48.5 Å². The molecule has 1 fully saturated rings. The Morgan fingerprint density at radius 1 is 0.816 bits per heavy atom. The summed E-state index contributed by atoms with van der Waals surface area (Å²) >= 11 is 11.0. The van der Waals surface area contributed by atoms with E-state index in [2.05, 4.69) is 51.5 Å². The second kappa shape index (κ2) is 12.8. The van der Waals surface area contributed by atoms with Crippen LogP contribution in [0, 0.1) is 10.8 Å². The van der Waals surface area contributed by atoms with Gasteiger partial charge in [0.25, 0.3) is 0 Å². The molecule has 0 bridgehead atoms. The molecule has 0 amide bonds. The highest BCUT2D eigenvalue weighted by Crippen LogP contribution is 2.45. The molecule has 0 radical (unpaired) electrons. The van der Waals surface area contributed by atoms with Gasteiger partial charge >= 0.3 is 13.2 Å². The zero-order valence-corrected chi connectivity index (χ0v) is 23.0. The number of hydrogen-bond acceptors (Lipinski definition) is 4. The fourth-order valence-corrected chi connectivity index (χ4v) is 5.61. The number of benzene rings is 2. The predicted octanol–water partition coefficient (Wildman–Crippen LogP) is 6.75. The lowest BCUT2D eigenvalue weighted by molar-refractivity contribution is -0.0505. The maximum Gasteiger partial charge on any atom is 0.387 e. The minimum absolute atomic E-state index is 0.0474. The maximum atomic E-state index is 12.4. The molecule has 1 saturated carbocycles. The second-order valence-corrected chi connectivity index (χ2v) is 11.3. The summed E-state index contributed by atoms with van der Waals surface area (Å²) in [7, 11) is 0. The highest BCUT2D eigenvalue weighted by atomic mass is 32.1. The molecule has 0 aliphatic heterocycles.